The lowest BCUT2D eigenvalue weighted by Crippen LogP contribution is -2.39. The zero-order valence-corrected chi connectivity index (χ0v) is 16.1. The maximum absolute atomic E-state index is 12.7. The Labute approximate surface area is 153 Å². The monoisotopic (exact) mass is 352 g/mol. The van der Waals surface area contributed by atoms with Crippen molar-refractivity contribution in [3.8, 4) is 0 Å². The number of rotatable bonds is 6. The fourth-order valence-corrected chi connectivity index (χ4v) is 3.81. The summed E-state index contributed by atoms with van der Waals surface area (Å²) in [5.74, 6) is 2.18. The average Bonchev–Trinajstić information content (AvgIpc) is 2.54. The van der Waals surface area contributed by atoms with E-state index >= 15 is 0 Å². The normalized spacial score (nSPS) is 23.6. The summed E-state index contributed by atoms with van der Waals surface area (Å²) in [5.41, 5.74) is 7.98. The van der Waals surface area contributed by atoms with E-state index in [0.29, 0.717) is 30.8 Å². The van der Waals surface area contributed by atoms with Crippen molar-refractivity contribution in [3.05, 3.63) is 35.4 Å². The van der Waals surface area contributed by atoms with Gasteiger partial charge in [-0.05, 0) is 54.7 Å². The van der Waals surface area contributed by atoms with Gasteiger partial charge in [-0.25, -0.2) is 0 Å². The third kappa shape index (κ3) is 5.78. The lowest BCUT2D eigenvalue weighted by atomic mass is 9.70. The smallest absolute Gasteiger partial charge is 0.223 e. The summed E-state index contributed by atoms with van der Waals surface area (Å²) < 4.78 is 0. The van der Waals surface area contributed by atoms with Crippen LogP contribution >= 0.6 is 12.4 Å². The molecule has 136 valence electrons. The second-order valence-corrected chi connectivity index (χ2v) is 7.51. The minimum atomic E-state index is 0. The molecule has 3 nitrogen and oxygen atoms in total. The number of hydrogen-bond donors (Lipinski definition) is 2. The fraction of sp³-hybridized carbons (Fsp3) is 0.650. The zero-order valence-electron chi connectivity index (χ0n) is 15.3. The van der Waals surface area contributed by atoms with Crippen molar-refractivity contribution in [2.75, 3.05) is 6.54 Å². The van der Waals surface area contributed by atoms with Crippen molar-refractivity contribution >= 4 is 18.3 Å². The molecule has 1 aliphatic rings. The Morgan fingerprint density at radius 2 is 1.83 bits per heavy atom. The van der Waals surface area contributed by atoms with E-state index < -0.39 is 0 Å². The third-order valence-corrected chi connectivity index (χ3v) is 5.28. The Morgan fingerprint density at radius 1 is 1.21 bits per heavy atom. The molecule has 24 heavy (non-hydrogen) atoms. The van der Waals surface area contributed by atoms with Gasteiger partial charge in [0.15, 0.2) is 0 Å². The molecule has 4 heteroatoms. The number of carbonyl (C=O) groups is 1. The summed E-state index contributed by atoms with van der Waals surface area (Å²) in [4.78, 5) is 12.7. The standard InChI is InChI=1S/C20H32N2O.ClH/c1-14(2)18-9-4-15(3)12-19(18)20(23)22-13-17-7-5-16(6-8-17)10-11-21;/h5-8,14-15,18-19H,4,9-13,21H2,1-3H3,(H,22,23);1H/t15-,18+,19-;/m1./s1. The minimum Gasteiger partial charge on any atom is -0.352 e. The van der Waals surface area contributed by atoms with Gasteiger partial charge in [0.05, 0.1) is 0 Å². The number of nitrogens with one attached hydrogen (secondary N) is 1. The number of halogens is 1. The average molecular weight is 353 g/mol. The maximum atomic E-state index is 12.7. The molecule has 0 aromatic heterocycles. The molecule has 1 aliphatic carbocycles. The summed E-state index contributed by atoms with van der Waals surface area (Å²) in [6, 6.07) is 8.39. The Hall–Kier alpha value is -1.06. The highest BCUT2D eigenvalue weighted by Gasteiger charge is 2.35. The molecule has 0 heterocycles. The van der Waals surface area contributed by atoms with E-state index in [0.717, 1.165) is 18.4 Å². The summed E-state index contributed by atoms with van der Waals surface area (Å²) >= 11 is 0. The van der Waals surface area contributed by atoms with Crippen molar-refractivity contribution in [1.29, 1.82) is 0 Å². The van der Waals surface area contributed by atoms with Crippen molar-refractivity contribution < 1.29 is 4.79 Å². The zero-order chi connectivity index (χ0) is 16.8. The molecule has 1 amide bonds. The van der Waals surface area contributed by atoms with Gasteiger partial charge in [-0.2, -0.15) is 0 Å². The van der Waals surface area contributed by atoms with Gasteiger partial charge in [0, 0.05) is 12.5 Å². The molecule has 0 bridgehead atoms. The first-order chi connectivity index (χ1) is 11.0. The van der Waals surface area contributed by atoms with Crippen molar-refractivity contribution in [3.63, 3.8) is 0 Å². The summed E-state index contributed by atoms with van der Waals surface area (Å²) in [6.45, 7) is 8.06. The number of nitrogens with two attached hydrogens (primary N) is 1. The molecular formula is C20H33ClN2O. The summed E-state index contributed by atoms with van der Waals surface area (Å²) in [6.07, 6.45) is 4.38. The van der Waals surface area contributed by atoms with Crippen LogP contribution in [-0.2, 0) is 17.8 Å². The van der Waals surface area contributed by atoms with E-state index in [1.807, 2.05) is 0 Å². The van der Waals surface area contributed by atoms with E-state index in [1.54, 1.807) is 0 Å². The van der Waals surface area contributed by atoms with Crippen LogP contribution in [0.3, 0.4) is 0 Å². The molecular weight excluding hydrogens is 320 g/mol. The lowest BCUT2D eigenvalue weighted by Gasteiger charge is -2.36. The van der Waals surface area contributed by atoms with Crippen molar-refractivity contribution in [2.24, 2.45) is 29.4 Å². The predicted molar refractivity (Wildman–Crippen MR) is 103 cm³/mol. The van der Waals surface area contributed by atoms with Crippen LogP contribution in [-0.4, -0.2) is 12.5 Å². The predicted octanol–water partition coefficient (Wildman–Crippen LogP) is 3.93. The van der Waals surface area contributed by atoms with E-state index in [4.69, 9.17) is 5.73 Å². The van der Waals surface area contributed by atoms with Gasteiger partial charge in [-0.1, -0.05) is 51.5 Å². The van der Waals surface area contributed by atoms with Crippen LogP contribution in [0.4, 0.5) is 0 Å². The van der Waals surface area contributed by atoms with Gasteiger partial charge in [-0.15, -0.1) is 12.4 Å². The van der Waals surface area contributed by atoms with Crippen LogP contribution in [0.15, 0.2) is 24.3 Å². The van der Waals surface area contributed by atoms with E-state index in [-0.39, 0.29) is 24.2 Å². The third-order valence-electron chi connectivity index (χ3n) is 5.28. The first-order valence-corrected chi connectivity index (χ1v) is 9.06. The molecule has 0 saturated heterocycles. The van der Waals surface area contributed by atoms with Gasteiger partial charge in [0.25, 0.3) is 0 Å². The highest BCUT2D eigenvalue weighted by Crippen LogP contribution is 2.38. The second-order valence-electron chi connectivity index (χ2n) is 7.51. The molecule has 2 rings (SSSR count). The first-order valence-electron chi connectivity index (χ1n) is 9.06. The topological polar surface area (TPSA) is 55.1 Å². The molecule has 3 atom stereocenters. The van der Waals surface area contributed by atoms with Gasteiger partial charge in [0.2, 0.25) is 5.91 Å². The molecule has 0 aliphatic heterocycles. The van der Waals surface area contributed by atoms with Crippen LogP contribution < -0.4 is 11.1 Å². The highest BCUT2D eigenvalue weighted by atomic mass is 35.5. The van der Waals surface area contributed by atoms with Crippen LogP contribution in [0.1, 0.15) is 51.2 Å². The number of benzene rings is 1. The summed E-state index contributed by atoms with van der Waals surface area (Å²) in [7, 11) is 0. The van der Waals surface area contributed by atoms with Crippen molar-refractivity contribution in [1.82, 2.24) is 5.32 Å². The Morgan fingerprint density at radius 3 is 2.42 bits per heavy atom. The van der Waals surface area contributed by atoms with Gasteiger partial charge in [-0.3, -0.25) is 4.79 Å². The highest BCUT2D eigenvalue weighted by molar-refractivity contribution is 5.85. The van der Waals surface area contributed by atoms with Gasteiger partial charge < -0.3 is 11.1 Å². The first kappa shape index (κ1) is 21.0. The fourth-order valence-electron chi connectivity index (χ4n) is 3.81. The number of hydrogen-bond acceptors (Lipinski definition) is 2. The van der Waals surface area contributed by atoms with E-state index in [9.17, 15) is 4.79 Å². The van der Waals surface area contributed by atoms with E-state index in [2.05, 4.69) is 50.4 Å². The van der Waals surface area contributed by atoms with Gasteiger partial charge >= 0.3 is 0 Å². The molecule has 0 radical (unpaired) electrons. The number of amides is 1. The second kappa shape index (κ2) is 10.0. The van der Waals surface area contributed by atoms with Gasteiger partial charge in [0.1, 0.15) is 0 Å². The quantitative estimate of drug-likeness (QED) is 0.814. The molecule has 0 unspecified atom stereocenters. The van der Waals surface area contributed by atoms with Crippen LogP contribution in [0.5, 0.6) is 0 Å². The Kier molecular flexibility index (Phi) is 8.79. The lowest BCUT2D eigenvalue weighted by molar-refractivity contribution is -0.129. The SMILES string of the molecule is CC(C)[C@@H]1CC[C@@H](C)C[C@H]1C(=O)NCc1ccc(CCN)cc1.Cl. The number of carbonyl (C=O) groups excluding carboxylic acids is 1. The summed E-state index contributed by atoms with van der Waals surface area (Å²) in [5, 5.41) is 3.16. The van der Waals surface area contributed by atoms with E-state index in [1.165, 1.54) is 18.4 Å². The largest absolute Gasteiger partial charge is 0.352 e. The molecule has 3 N–H and O–H groups in total. The molecule has 1 aromatic carbocycles. The Balaban J connectivity index is 0.00000288. The Bertz CT molecular complexity index is 501. The van der Waals surface area contributed by atoms with Crippen LogP contribution in [0.25, 0.3) is 0 Å². The maximum Gasteiger partial charge on any atom is 0.223 e. The molecule has 1 saturated carbocycles. The van der Waals surface area contributed by atoms with Crippen molar-refractivity contribution in [2.45, 2.75) is 53.0 Å². The van der Waals surface area contributed by atoms with Crippen LogP contribution in [0, 0.1) is 23.7 Å². The minimum absolute atomic E-state index is 0. The molecule has 0 spiro atoms. The molecule has 1 aromatic rings. The van der Waals surface area contributed by atoms with Crippen LogP contribution in [0.2, 0.25) is 0 Å². The molecule has 1 fully saturated rings.